The molecule has 68 valence electrons. The monoisotopic (exact) mass is 180 g/mol. The first kappa shape index (κ1) is 8.19. The molecule has 0 fully saturated rings. The summed E-state index contributed by atoms with van der Waals surface area (Å²) in [5, 5.41) is 13.6. The van der Waals surface area contributed by atoms with Crippen molar-refractivity contribution in [3.8, 4) is 0 Å². The quantitative estimate of drug-likeness (QED) is 0.753. The number of rotatable bonds is 2. The second-order valence-corrected chi connectivity index (χ2v) is 2.82. The first-order chi connectivity index (χ1) is 6.29. The minimum Gasteiger partial charge on any atom is -0.394 e. The zero-order chi connectivity index (χ0) is 9.26. The predicted octanol–water partition coefficient (Wildman–Crippen LogP) is 1.17. The van der Waals surface area contributed by atoms with E-state index in [1.165, 1.54) is 12.1 Å². The summed E-state index contributed by atoms with van der Waals surface area (Å²) in [6, 6.07) is 4.45. The molecule has 1 aromatic heterocycles. The minimum atomic E-state index is -0.290. The summed E-state index contributed by atoms with van der Waals surface area (Å²) < 4.78 is 14.3. The zero-order valence-corrected chi connectivity index (χ0v) is 6.94. The molecule has 0 aliphatic rings. The largest absolute Gasteiger partial charge is 0.394 e. The van der Waals surface area contributed by atoms with E-state index in [1.54, 1.807) is 16.9 Å². The third-order valence-corrected chi connectivity index (χ3v) is 1.85. The molecular weight excluding hydrogens is 171 g/mol. The molecule has 0 radical (unpaired) electrons. The lowest BCUT2D eigenvalue weighted by Crippen LogP contribution is -2.01. The Morgan fingerprint density at radius 1 is 1.46 bits per heavy atom. The third kappa shape index (κ3) is 1.53. The maximum Gasteiger partial charge on any atom is 0.125 e. The van der Waals surface area contributed by atoms with E-state index in [0.717, 1.165) is 5.39 Å². The van der Waals surface area contributed by atoms with Crippen LogP contribution in [0.15, 0.2) is 24.4 Å². The van der Waals surface area contributed by atoms with Crippen LogP contribution in [0.2, 0.25) is 0 Å². The maximum atomic E-state index is 12.7. The molecule has 1 aromatic carbocycles. The van der Waals surface area contributed by atoms with Crippen molar-refractivity contribution in [1.29, 1.82) is 0 Å². The fraction of sp³-hybridized carbons (Fsp3) is 0.222. The van der Waals surface area contributed by atoms with E-state index >= 15 is 0 Å². The normalized spacial score (nSPS) is 10.9. The number of aliphatic hydroxyl groups excluding tert-OH is 1. The smallest absolute Gasteiger partial charge is 0.125 e. The average molecular weight is 180 g/mol. The highest BCUT2D eigenvalue weighted by atomic mass is 19.1. The van der Waals surface area contributed by atoms with Gasteiger partial charge in [-0.25, -0.2) is 4.39 Å². The van der Waals surface area contributed by atoms with E-state index in [1.807, 2.05) is 0 Å². The molecule has 0 unspecified atom stereocenters. The van der Waals surface area contributed by atoms with Crippen LogP contribution in [-0.2, 0) is 6.54 Å². The number of hydrogen-bond acceptors (Lipinski definition) is 2. The molecule has 0 aliphatic heterocycles. The SMILES string of the molecule is OCCn1cc2ccc(F)cc2n1. The summed E-state index contributed by atoms with van der Waals surface area (Å²) in [6.45, 7) is 0.479. The van der Waals surface area contributed by atoms with Crippen molar-refractivity contribution >= 4 is 10.9 Å². The number of nitrogens with zero attached hydrogens (tertiary/aromatic N) is 2. The number of aromatic nitrogens is 2. The lowest BCUT2D eigenvalue weighted by atomic mass is 10.2. The van der Waals surface area contributed by atoms with Crippen molar-refractivity contribution < 1.29 is 9.50 Å². The Bertz CT molecular complexity index is 424. The number of hydrogen-bond donors (Lipinski definition) is 1. The van der Waals surface area contributed by atoms with Crippen molar-refractivity contribution in [3.05, 3.63) is 30.2 Å². The summed E-state index contributed by atoms with van der Waals surface area (Å²) in [5.74, 6) is -0.290. The van der Waals surface area contributed by atoms with Gasteiger partial charge in [-0.1, -0.05) is 0 Å². The summed E-state index contributed by atoms with van der Waals surface area (Å²) in [4.78, 5) is 0. The van der Waals surface area contributed by atoms with Gasteiger partial charge in [0, 0.05) is 17.6 Å². The Morgan fingerprint density at radius 2 is 2.31 bits per heavy atom. The van der Waals surface area contributed by atoms with Gasteiger partial charge in [-0.2, -0.15) is 5.10 Å². The maximum absolute atomic E-state index is 12.7. The molecule has 1 heterocycles. The van der Waals surface area contributed by atoms with Crippen molar-refractivity contribution in [2.24, 2.45) is 0 Å². The van der Waals surface area contributed by atoms with Crippen molar-refractivity contribution in [1.82, 2.24) is 9.78 Å². The van der Waals surface area contributed by atoms with Crippen molar-refractivity contribution in [3.63, 3.8) is 0 Å². The van der Waals surface area contributed by atoms with Crippen molar-refractivity contribution in [2.45, 2.75) is 6.54 Å². The van der Waals surface area contributed by atoms with Crippen LogP contribution >= 0.6 is 0 Å². The topological polar surface area (TPSA) is 38.0 Å². The van der Waals surface area contributed by atoms with Crippen LogP contribution in [0.3, 0.4) is 0 Å². The Morgan fingerprint density at radius 3 is 3.08 bits per heavy atom. The van der Waals surface area contributed by atoms with Gasteiger partial charge in [0.2, 0.25) is 0 Å². The van der Waals surface area contributed by atoms with Crippen LogP contribution in [-0.4, -0.2) is 21.5 Å². The summed E-state index contributed by atoms with van der Waals surface area (Å²) in [5.41, 5.74) is 0.619. The molecule has 1 N–H and O–H groups in total. The van der Waals surface area contributed by atoms with Crippen LogP contribution in [0.25, 0.3) is 10.9 Å². The summed E-state index contributed by atoms with van der Waals surface area (Å²) >= 11 is 0. The fourth-order valence-corrected chi connectivity index (χ4v) is 1.26. The molecule has 0 amide bonds. The van der Waals surface area contributed by atoms with Gasteiger partial charge in [0.05, 0.1) is 18.7 Å². The van der Waals surface area contributed by atoms with Gasteiger partial charge in [-0.15, -0.1) is 0 Å². The lowest BCUT2D eigenvalue weighted by molar-refractivity contribution is 0.270. The first-order valence-electron chi connectivity index (χ1n) is 4.03. The van der Waals surface area contributed by atoms with Gasteiger partial charge in [0.15, 0.2) is 0 Å². The molecule has 0 atom stereocenters. The third-order valence-electron chi connectivity index (χ3n) is 1.85. The van der Waals surface area contributed by atoms with Gasteiger partial charge in [-0.3, -0.25) is 4.68 Å². The molecule has 3 nitrogen and oxygen atoms in total. The molecule has 2 rings (SSSR count). The number of benzene rings is 1. The molecular formula is C9H9FN2O. The van der Waals surface area contributed by atoms with E-state index in [4.69, 9.17) is 5.11 Å². The number of fused-ring (bicyclic) bond motifs is 1. The van der Waals surface area contributed by atoms with Gasteiger partial charge >= 0.3 is 0 Å². The standard InChI is InChI=1S/C9H9FN2O/c10-8-2-1-7-6-12(3-4-13)11-9(7)5-8/h1-2,5-6,13H,3-4H2. The predicted molar refractivity (Wildman–Crippen MR) is 46.8 cm³/mol. The Kier molecular flexibility index (Phi) is 1.98. The molecule has 4 heteroatoms. The van der Waals surface area contributed by atoms with E-state index in [9.17, 15) is 4.39 Å². The van der Waals surface area contributed by atoms with Crippen LogP contribution in [0, 0.1) is 5.82 Å². The average Bonchev–Trinajstić information content (AvgIpc) is 2.46. The Hall–Kier alpha value is -1.42. The zero-order valence-electron chi connectivity index (χ0n) is 6.94. The Labute approximate surface area is 74.4 Å². The van der Waals surface area contributed by atoms with Gasteiger partial charge in [0.1, 0.15) is 5.82 Å². The molecule has 0 aliphatic carbocycles. The van der Waals surface area contributed by atoms with E-state index in [-0.39, 0.29) is 12.4 Å². The minimum absolute atomic E-state index is 0.0382. The lowest BCUT2D eigenvalue weighted by Gasteiger charge is -1.93. The Balaban J connectivity index is 2.49. The second-order valence-electron chi connectivity index (χ2n) is 2.82. The van der Waals surface area contributed by atoms with Crippen LogP contribution < -0.4 is 0 Å². The molecule has 0 spiro atoms. The highest BCUT2D eigenvalue weighted by Crippen LogP contribution is 2.12. The fourth-order valence-electron chi connectivity index (χ4n) is 1.26. The molecule has 2 aromatic rings. The summed E-state index contributed by atoms with van der Waals surface area (Å²) in [7, 11) is 0. The number of aliphatic hydroxyl groups is 1. The van der Waals surface area contributed by atoms with Gasteiger partial charge in [0.25, 0.3) is 0 Å². The van der Waals surface area contributed by atoms with Gasteiger partial charge in [-0.05, 0) is 12.1 Å². The number of halogens is 1. The molecule has 0 saturated heterocycles. The van der Waals surface area contributed by atoms with Crippen LogP contribution in [0.1, 0.15) is 0 Å². The van der Waals surface area contributed by atoms with E-state index in [2.05, 4.69) is 5.10 Å². The summed E-state index contributed by atoms with van der Waals surface area (Å²) in [6.07, 6.45) is 1.78. The van der Waals surface area contributed by atoms with Crippen LogP contribution in [0.5, 0.6) is 0 Å². The van der Waals surface area contributed by atoms with E-state index in [0.29, 0.717) is 12.1 Å². The van der Waals surface area contributed by atoms with Gasteiger partial charge < -0.3 is 5.11 Å². The molecule has 13 heavy (non-hydrogen) atoms. The second kappa shape index (κ2) is 3.14. The molecule has 0 saturated carbocycles. The highest BCUT2D eigenvalue weighted by molar-refractivity contribution is 5.77. The first-order valence-corrected chi connectivity index (χ1v) is 4.03. The van der Waals surface area contributed by atoms with Crippen molar-refractivity contribution in [2.75, 3.05) is 6.61 Å². The van der Waals surface area contributed by atoms with E-state index < -0.39 is 0 Å². The highest BCUT2D eigenvalue weighted by Gasteiger charge is 2.00. The molecule has 0 bridgehead atoms. The van der Waals surface area contributed by atoms with Crippen LogP contribution in [0.4, 0.5) is 4.39 Å².